The summed E-state index contributed by atoms with van der Waals surface area (Å²) in [4.78, 5) is 19.3. The molecule has 0 bridgehead atoms. The third-order valence-corrected chi connectivity index (χ3v) is 5.10. The maximum atomic E-state index is 12.9. The normalized spacial score (nSPS) is 22.5. The van der Waals surface area contributed by atoms with Gasteiger partial charge in [0.25, 0.3) is 0 Å². The number of methoxy groups -OCH3 is 1. The molecule has 1 saturated heterocycles. The summed E-state index contributed by atoms with van der Waals surface area (Å²) < 4.78 is 7.03. The molecule has 9 heteroatoms. The first-order chi connectivity index (χ1) is 12.9. The van der Waals surface area contributed by atoms with Crippen LogP contribution >= 0.6 is 24.0 Å². The zero-order valence-electron chi connectivity index (χ0n) is 17.3. The number of nitrogens with one attached hydrogen (secondary N) is 2. The number of likely N-dealkylation sites (tertiary alicyclic amines) is 1. The van der Waals surface area contributed by atoms with E-state index in [-0.39, 0.29) is 47.4 Å². The molecule has 1 aromatic heterocycles. The Labute approximate surface area is 184 Å². The number of nitrogens with zero attached hydrogens (tertiary/aromatic N) is 4. The monoisotopic (exact) mass is 504 g/mol. The molecule has 0 radical (unpaired) electrons. The lowest BCUT2D eigenvalue weighted by atomic mass is 9.93. The number of amides is 1. The Morgan fingerprint density at radius 3 is 2.82 bits per heavy atom. The molecule has 2 atom stereocenters. The Bertz CT molecular complexity index is 684. The number of carbonyl (C=O) groups is 1. The fourth-order valence-corrected chi connectivity index (χ4v) is 3.91. The summed E-state index contributed by atoms with van der Waals surface area (Å²) in [5.41, 5.74) is 0.836. The average molecular weight is 504 g/mol. The van der Waals surface area contributed by atoms with Crippen molar-refractivity contribution < 1.29 is 9.53 Å². The van der Waals surface area contributed by atoms with Crippen molar-refractivity contribution in [3.05, 3.63) is 18.0 Å². The summed E-state index contributed by atoms with van der Waals surface area (Å²) >= 11 is 0. The number of halogens is 1. The number of guanidine groups is 1. The van der Waals surface area contributed by atoms with Gasteiger partial charge in [-0.25, -0.2) is 0 Å². The van der Waals surface area contributed by atoms with Crippen LogP contribution in [0, 0.1) is 5.92 Å². The summed E-state index contributed by atoms with van der Waals surface area (Å²) in [6.07, 6.45) is 5.53. The lowest BCUT2D eigenvalue weighted by Crippen LogP contribution is -2.46. The first kappa shape index (κ1) is 22.9. The molecule has 158 valence electrons. The van der Waals surface area contributed by atoms with Gasteiger partial charge in [-0.15, -0.1) is 24.0 Å². The van der Waals surface area contributed by atoms with E-state index in [2.05, 4.69) is 41.5 Å². The van der Waals surface area contributed by atoms with Gasteiger partial charge < -0.3 is 20.3 Å². The molecule has 2 aliphatic heterocycles. The summed E-state index contributed by atoms with van der Waals surface area (Å²) in [7, 11) is 1.69. The van der Waals surface area contributed by atoms with E-state index in [1.807, 2.05) is 22.0 Å². The van der Waals surface area contributed by atoms with Crippen LogP contribution in [0.25, 0.3) is 0 Å². The molecule has 0 saturated carbocycles. The Hall–Kier alpha value is -1.36. The summed E-state index contributed by atoms with van der Waals surface area (Å²) in [6.45, 7) is 10.1. The molecule has 28 heavy (non-hydrogen) atoms. The fourth-order valence-electron chi connectivity index (χ4n) is 3.91. The number of aromatic nitrogens is 2. The van der Waals surface area contributed by atoms with Crippen molar-refractivity contribution >= 4 is 35.8 Å². The van der Waals surface area contributed by atoms with Gasteiger partial charge in [0.2, 0.25) is 5.91 Å². The van der Waals surface area contributed by atoms with Crippen molar-refractivity contribution in [1.82, 2.24) is 25.3 Å². The van der Waals surface area contributed by atoms with E-state index in [1.165, 1.54) is 0 Å². The van der Waals surface area contributed by atoms with E-state index in [9.17, 15) is 4.79 Å². The predicted octanol–water partition coefficient (Wildman–Crippen LogP) is 1.77. The molecular weight excluding hydrogens is 471 g/mol. The number of rotatable bonds is 6. The number of aliphatic imine (C=N–C) groups is 1. The van der Waals surface area contributed by atoms with Crippen LogP contribution in [-0.2, 0) is 16.1 Å². The van der Waals surface area contributed by atoms with Crippen molar-refractivity contribution in [3.8, 4) is 0 Å². The minimum atomic E-state index is -0.244. The summed E-state index contributed by atoms with van der Waals surface area (Å²) in [5.74, 6) is 1.21. The van der Waals surface area contributed by atoms with Crippen LogP contribution in [0.4, 0.5) is 0 Å². The largest absolute Gasteiger partial charge is 0.383 e. The molecule has 1 fully saturated rings. The fraction of sp³-hybridized carbons (Fsp3) is 0.737. The van der Waals surface area contributed by atoms with E-state index in [0.29, 0.717) is 26.1 Å². The Kier molecular flexibility index (Phi) is 8.11. The van der Waals surface area contributed by atoms with Crippen molar-refractivity contribution in [2.75, 3.05) is 33.4 Å². The van der Waals surface area contributed by atoms with E-state index >= 15 is 0 Å². The molecule has 3 rings (SSSR count). The summed E-state index contributed by atoms with van der Waals surface area (Å²) in [5, 5.41) is 11.2. The predicted molar refractivity (Wildman–Crippen MR) is 120 cm³/mol. The minimum absolute atomic E-state index is 0. The van der Waals surface area contributed by atoms with Gasteiger partial charge >= 0.3 is 0 Å². The van der Waals surface area contributed by atoms with Crippen molar-refractivity contribution in [1.29, 1.82) is 0 Å². The standard InChI is InChI=1S/C19H32N6O2.HI/c1-19(2,3)25-16(26)10-14(11-22-18-20-6-5-7-21-18)17(25)15-12-23-24(13-15)8-9-27-4;/h12-14,17H,5-11H2,1-4H3,(H2,20,21,22);1H/t14-,17+;/m0./s1. The van der Waals surface area contributed by atoms with Crippen LogP contribution in [0.5, 0.6) is 0 Å². The SMILES string of the molecule is COCCn1cc([C@H]2[C@H](CNC3=NCCCN3)CC(=O)N2C(C)(C)C)cn1.I. The van der Waals surface area contributed by atoms with Crippen molar-refractivity contribution in [2.45, 2.75) is 51.7 Å². The topological polar surface area (TPSA) is 83.8 Å². The van der Waals surface area contributed by atoms with Gasteiger partial charge in [0.05, 0.1) is 25.4 Å². The molecule has 0 aliphatic carbocycles. The number of hydrogen-bond donors (Lipinski definition) is 2. The zero-order valence-corrected chi connectivity index (χ0v) is 19.6. The van der Waals surface area contributed by atoms with Crippen molar-refractivity contribution in [2.24, 2.45) is 10.9 Å². The van der Waals surface area contributed by atoms with Crippen LogP contribution in [0.1, 0.15) is 45.2 Å². The number of hydrogen-bond acceptors (Lipinski definition) is 6. The Morgan fingerprint density at radius 2 is 2.18 bits per heavy atom. The van der Waals surface area contributed by atoms with Gasteiger partial charge in [-0.2, -0.15) is 5.10 Å². The molecular formula is C19H33IN6O2. The van der Waals surface area contributed by atoms with Crippen LogP contribution < -0.4 is 10.6 Å². The molecule has 3 heterocycles. The van der Waals surface area contributed by atoms with Gasteiger partial charge in [0.1, 0.15) is 0 Å². The highest BCUT2D eigenvalue weighted by molar-refractivity contribution is 14.0. The highest BCUT2D eigenvalue weighted by Gasteiger charge is 2.45. The van der Waals surface area contributed by atoms with E-state index in [1.54, 1.807) is 7.11 Å². The summed E-state index contributed by atoms with van der Waals surface area (Å²) in [6, 6.07) is 0.00508. The van der Waals surface area contributed by atoms with Gasteiger partial charge in [0, 0.05) is 56.4 Å². The van der Waals surface area contributed by atoms with Gasteiger partial charge in [-0.05, 0) is 27.2 Å². The Balaban J connectivity index is 0.00000280. The maximum absolute atomic E-state index is 12.9. The number of carbonyl (C=O) groups excluding carboxylic acids is 1. The minimum Gasteiger partial charge on any atom is -0.383 e. The molecule has 2 aliphatic rings. The quantitative estimate of drug-likeness (QED) is 0.578. The molecule has 2 N–H and O–H groups in total. The Morgan fingerprint density at radius 1 is 1.39 bits per heavy atom. The van der Waals surface area contributed by atoms with E-state index in [4.69, 9.17) is 4.74 Å². The molecule has 0 aromatic carbocycles. The smallest absolute Gasteiger partial charge is 0.223 e. The zero-order chi connectivity index (χ0) is 19.4. The van der Waals surface area contributed by atoms with Crippen LogP contribution in [-0.4, -0.2) is 65.4 Å². The first-order valence-corrected chi connectivity index (χ1v) is 9.76. The van der Waals surface area contributed by atoms with Gasteiger partial charge in [-0.3, -0.25) is 14.5 Å². The van der Waals surface area contributed by atoms with Crippen LogP contribution in [0.3, 0.4) is 0 Å². The second kappa shape index (κ2) is 9.91. The average Bonchev–Trinajstić information content (AvgIpc) is 3.22. The van der Waals surface area contributed by atoms with E-state index < -0.39 is 0 Å². The highest BCUT2D eigenvalue weighted by atomic mass is 127. The first-order valence-electron chi connectivity index (χ1n) is 9.76. The van der Waals surface area contributed by atoms with Crippen LogP contribution in [0.2, 0.25) is 0 Å². The van der Waals surface area contributed by atoms with Gasteiger partial charge in [0.15, 0.2) is 5.96 Å². The highest BCUT2D eigenvalue weighted by Crippen LogP contribution is 2.42. The lowest BCUT2D eigenvalue weighted by Gasteiger charge is -2.38. The van der Waals surface area contributed by atoms with Crippen LogP contribution in [0.15, 0.2) is 17.4 Å². The second-order valence-electron chi connectivity index (χ2n) is 8.26. The van der Waals surface area contributed by atoms with E-state index in [0.717, 1.165) is 31.0 Å². The third kappa shape index (κ3) is 5.37. The molecule has 1 amide bonds. The third-order valence-electron chi connectivity index (χ3n) is 5.10. The maximum Gasteiger partial charge on any atom is 0.223 e. The number of ether oxygens (including phenoxy) is 1. The molecule has 8 nitrogen and oxygen atoms in total. The van der Waals surface area contributed by atoms with Crippen molar-refractivity contribution in [3.63, 3.8) is 0 Å². The van der Waals surface area contributed by atoms with Gasteiger partial charge in [-0.1, -0.05) is 0 Å². The molecule has 1 aromatic rings. The molecule has 0 unspecified atom stereocenters. The lowest BCUT2D eigenvalue weighted by molar-refractivity contribution is -0.133. The second-order valence-corrected chi connectivity index (χ2v) is 8.26. The molecule has 0 spiro atoms.